The number of nitrogens with zero attached hydrogens (tertiary/aromatic N) is 5. The van der Waals surface area contributed by atoms with Crippen LogP contribution < -0.4 is 0 Å². The average molecular weight is 294 g/mol. The van der Waals surface area contributed by atoms with Crippen molar-refractivity contribution in [1.29, 1.82) is 0 Å². The molecule has 2 heterocycles. The lowest BCUT2D eigenvalue weighted by molar-refractivity contribution is 0.524. The second-order valence-electron chi connectivity index (χ2n) is 6.01. The standard InChI is InChI=1S/C16H18N6/c1-12(9-22-11-17-10-18-22)14-19-15(21-20-14)16(7-8-16)13-5-3-2-4-6-13/h2-6,10-12H,7-9H2,1H3,(H,19,20,21)/t12-/m0/s1. The smallest absolute Gasteiger partial charge is 0.161 e. The molecule has 1 aliphatic rings. The molecular weight excluding hydrogens is 276 g/mol. The molecule has 1 fully saturated rings. The largest absolute Gasteiger partial charge is 0.263 e. The van der Waals surface area contributed by atoms with Gasteiger partial charge in [0.05, 0.1) is 12.0 Å². The Morgan fingerprint density at radius 1 is 1.27 bits per heavy atom. The van der Waals surface area contributed by atoms with Crippen LogP contribution in [0.3, 0.4) is 0 Å². The minimum absolute atomic E-state index is 0.0169. The lowest BCUT2D eigenvalue weighted by Crippen LogP contribution is -2.11. The third kappa shape index (κ3) is 2.20. The van der Waals surface area contributed by atoms with Gasteiger partial charge in [0.15, 0.2) is 5.82 Å². The van der Waals surface area contributed by atoms with Crippen LogP contribution in [0.15, 0.2) is 43.0 Å². The second kappa shape index (κ2) is 5.05. The van der Waals surface area contributed by atoms with Crippen molar-refractivity contribution in [3.63, 3.8) is 0 Å². The van der Waals surface area contributed by atoms with Gasteiger partial charge < -0.3 is 0 Å². The summed E-state index contributed by atoms with van der Waals surface area (Å²) in [5.74, 6) is 2.04. The molecule has 2 aromatic heterocycles. The fraction of sp³-hybridized carbons (Fsp3) is 0.375. The van der Waals surface area contributed by atoms with Gasteiger partial charge in [0.1, 0.15) is 18.5 Å². The molecule has 1 aliphatic carbocycles. The molecule has 6 nitrogen and oxygen atoms in total. The fourth-order valence-electron chi connectivity index (χ4n) is 2.93. The molecule has 3 aromatic rings. The Labute approximate surface area is 128 Å². The Hall–Kier alpha value is -2.50. The second-order valence-corrected chi connectivity index (χ2v) is 6.01. The van der Waals surface area contributed by atoms with Crippen molar-refractivity contribution in [1.82, 2.24) is 29.9 Å². The molecule has 6 heteroatoms. The van der Waals surface area contributed by atoms with Crippen molar-refractivity contribution >= 4 is 0 Å². The Kier molecular flexibility index (Phi) is 3.03. The number of aromatic nitrogens is 6. The van der Waals surface area contributed by atoms with Gasteiger partial charge in [0.25, 0.3) is 0 Å². The molecule has 1 N–H and O–H groups in total. The van der Waals surface area contributed by atoms with Gasteiger partial charge in [-0.25, -0.2) is 9.97 Å². The summed E-state index contributed by atoms with van der Waals surface area (Å²) >= 11 is 0. The maximum Gasteiger partial charge on any atom is 0.161 e. The van der Waals surface area contributed by atoms with E-state index in [9.17, 15) is 0 Å². The molecule has 1 aromatic carbocycles. The Morgan fingerprint density at radius 3 is 2.77 bits per heavy atom. The van der Waals surface area contributed by atoms with Crippen LogP contribution in [0, 0.1) is 0 Å². The summed E-state index contributed by atoms with van der Waals surface area (Å²) < 4.78 is 1.82. The molecule has 0 saturated heterocycles. The lowest BCUT2D eigenvalue weighted by Gasteiger charge is -2.11. The normalized spacial score (nSPS) is 17.3. The summed E-state index contributed by atoms with van der Waals surface area (Å²) in [6, 6.07) is 10.5. The predicted octanol–water partition coefficient (Wildman–Crippen LogP) is 2.28. The number of benzene rings is 1. The van der Waals surface area contributed by atoms with Crippen molar-refractivity contribution < 1.29 is 0 Å². The van der Waals surface area contributed by atoms with Gasteiger partial charge in [-0.1, -0.05) is 37.3 Å². The SMILES string of the molecule is C[C@@H](Cn1cncn1)c1nc(C2(c3ccccc3)CC2)n[nH]1. The Balaban J connectivity index is 1.57. The lowest BCUT2D eigenvalue weighted by atomic mass is 9.95. The first-order valence-electron chi connectivity index (χ1n) is 7.59. The van der Waals surface area contributed by atoms with Crippen LogP contribution in [0.25, 0.3) is 0 Å². The average Bonchev–Trinajstić information content (AvgIpc) is 2.98. The summed E-state index contributed by atoms with van der Waals surface area (Å²) in [6.07, 6.45) is 5.50. The summed E-state index contributed by atoms with van der Waals surface area (Å²) in [5, 5.41) is 11.7. The van der Waals surface area contributed by atoms with Crippen LogP contribution in [-0.4, -0.2) is 29.9 Å². The van der Waals surface area contributed by atoms with Crippen LogP contribution >= 0.6 is 0 Å². The van der Waals surface area contributed by atoms with E-state index in [1.807, 2.05) is 10.7 Å². The maximum atomic E-state index is 4.77. The van der Waals surface area contributed by atoms with E-state index in [1.165, 1.54) is 5.56 Å². The number of aromatic amines is 1. The van der Waals surface area contributed by atoms with E-state index in [-0.39, 0.29) is 11.3 Å². The van der Waals surface area contributed by atoms with Crippen molar-refractivity contribution in [2.75, 3.05) is 0 Å². The van der Waals surface area contributed by atoms with Crippen molar-refractivity contribution in [2.45, 2.75) is 37.6 Å². The van der Waals surface area contributed by atoms with E-state index in [1.54, 1.807) is 12.7 Å². The summed E-state index contributed by atoms with van der Waals surface area (Å²) in [6.45, 7) is 2.86. The maximum absolute atomic E-state index is 4.77. The third-order valence-electron chi connectivity index (χ3n) is 4.40. The van der Waals surface area contributed by atoms with E-state index in [0.29, 0.717) is 0 Å². The molecule has 1 saturated carbocycles. The van der Waals surface area contributed by atoms with Crippen molar-refractivity contribution in [3.8, 4) is 0 Å². The van der Waals surface area contributed by atoms with Gasteiger partial charge in [-0.3, -0.25) is 9.78 Å². The zero-order valence-corrected chi connectivity index (χ0v) is 12.5. The number of rotatable bonds is 5. The van der Waals surface area contributed by atoms with Gasteiger partial charge in [0.2, 0.25) is 0 Å². The van der Waals surface area contributed by atoms with Gasteiger partial charge in [0, 0.05) is 5.92 Å². The molecule has 22 heavy (non-hydrogen) atoms. The quantitative estimate of drug-likeness (QED) is 0.783. The number of hydrogen-bond acceptors (Lipinski definition) is 4. The Bertz CT molecular complexity index is 742. The highest BCUT2D eigenvalue weighted by Gasteiger charge is 2.49. The van der Waals surface area contributed by atoms with Gasteiger partial charge >= 0.3 is 0 Å². The predicted molar refractivity (Wildman–Crippen MR) is 81.3 cm³/mol. The first kappa shape index (κ1) is 13.2. The van der Waals surface area contributed by atoms with E-state index in [0.717, 1.165) is 31.0 Å². The van der Waals surface area contributed by atoms with Crippen LogP contribution in [0.1, 0.15) is 42.9 Å². The van der Waals surface area contributed by atoms with Crippen LogP contribution in [0.4, 0.5) is 0 Å². The van der Waals surface area contributed by atoms with E-state index >= 15 is 0 Å². The highest BCUT2D eigenvalue weighted by atomic mass is 15.3. The highest BCUT2D eigenvalue weighted by Crippen LogP contribution is 2.52. The summed E-state index contributed by atoms with van der Waals surface area (Å²) in [4.78, 5) is 8.74. The van der Waals surface area contributed by atoms with Crippen LogP contribution in [0.5, 0.6) is 0 Å². The molecule has 1 atom stereocenters. The molecular formula is C16H18N6. The fourth-order valence-corrected chi connectivity index (χ4v) is 2.93. The molecule has 0 aliphatic heterocycles. The molecule has 112 valence electrons. The number of hydrogen-bond donors (Lipinski definition) is 1. The van der Waals surface area contributed by atoms with Gasteiger partial charge in [-0.2, -0.15) is 10.2 Å². The molecule has 0 spiro atoms. The first-order valence-corrected chi connectivity index (χ1v) is 7.59. The molecule has 0 bridgehead atoms. The molecule has 0 amide bonds. The number of nitrogens with one attached hydrogen (secondary N) is 1. The monoisotopic (exact) mass is 294 g/mol. The van der Waals surface area contributed by atoms with E-state index < -0.39 is 0 Å². The zero-order chi connectivity index (χ0) is 15.0. The minimum Gasteiger partial charge on any atom is -0.263 e. The first-order chi connectivity index (χ1) is 10.8. The van der Waals surface area contributed by atoms with Crippen LogP contribution in [0.2, 0.25) is 0 Å². The highest BCUT2D eigenvalue weighted by molar-refractivity contribution is 5.38. The van der Waals surface area contributed by atoms with Crippen molar-refractivity contribution in [2.24, 2.45) is 0 Å². The molecule has 0 unspecified atom stereocenters. The molecule has 4 rings (SSSR count). The van der Waals surface area contributed by atoms with Crippen molar-refractivity contribution in [3.05, 3.63) is 60.2 Å². The third-order valence-corrected chi connectivity index (χ3v) is 4.40. The zero-order valence-electron chi connectivity index (χ0n) is 12.5. The molecule has 0 radical (unpaired) electrons. The Morgan fingerprint density at radius 2 is 2.09 bits per heavy atom. The summed E-state index contributed by atoms with van der Waals surface area (Å²) in [5.41, 5.74) is 1.33. The topological polar surface area (TPSA) is 72.3 Å². The van der Waals surface area contributed by atoms with E-state index in [4.69, 9.17) is 4.98 Å². The minimum atomic E-state index is 0.0169. The summed E-state index contributed by atoms with van der Waals surface area (Å²) in [7, 11) is 0. The van der Waals surface area contributed by atoms with E-state index in [2.05, 4.69) is 51.5 Å². The van der Waals surface area contributed by atoms with Crippen LogP contribution in [-0.2, 0) is 12.0 Å². The van der Waals surface area contributed by atoms with Gasteiger partial charge in [-0.05, 0) is 18.4 Å². The van der Waals surface area contributed by atoms with Gasteiger partial charge in [-0.15, -0.1) is 0 Å². The number of H-pyrrole nitrogens is 1.